The molecule has 0 bridgehead atoms. The van der Waals surface area contributed by atoms with Crippen molar-refractivity contribution >= 4 is 17.7 Å². The van der Waals surface area contributed by atoms with Gasteiger partial charge in [-0.3, -0.25) is 19.8 Å². The van der Waals surface area contributed by atoms with Gasteiger partial charge in [-0.25, -0.2) is 0 Å². The maximum Gasteiger partial charge on any atom is 0.280 e. The number of carbonyl (C=O) groups is 3. The Bertz CT molecular complexity index is 723. The van der Waals surface area contributed by atoms with Gasteiger partial charge < -0.3 is 5.11 Å². The zero-order valence-electron chi connectivity index (χ0n) is 11.4. The molecule has 0 fully saturated rings. The molecular weight excluding hydrogens is 284 g/mol. The number of amides is 3. The van der Waals surface area contributed by atoms with Crippen LogP contribution in [0.4, 0.5) is 0 Å². The van der Waals surface area contributed by atoms with Gasteiger partial charge in [-0.1, -0.05) is 42.5 Å². The molecule has 0 unspecified atom stereocenters. The molecule has 6 nitrogen and oxygen atoms in total. The molecule has 2 N–H and O–H groups in total. The van der Waals surface area contributed by atoms with E-state index in [2.05, 4.69) is 5.43 Å². The first kappa shape index (κ1) is 14.0. The topological polar surface area (TPSA) is 86.7 Å². The molecule has 0 aliphatic carbocycles. The molecule has 0 aromatic heterocycles. The number of hydrazine groups is 1. The Balaban J connectivity index is 1.79. The second-order valence-corrected chi connectivity index (χ2v) is 4.78. The quantitative estimate of drug-likeness (QED) is 0.829. The van der Waals surface area contributed by atoms with Crippen LogP contribution >= 0.6 is 0 Å². The van der Waals surface area contributed by atoms with Gasteiger partial charge in [0.1, 0.15) is 0 Å². The predicted molar refractivity (Wildman–Crippen MR) is 76.5 cm³/mol. The molecule has 110 valence electrons. The molecule has 6 heteroatoms. The normalized spacial score (nSPS) is 14.7. The summed E-state index contributed by atoms with van der Waals surface area (Å²) in [6.07, 6.45) is -1.47. The van der Waals surface area contributed by atoms with Crippen LogP contribution in [0, 0.1) is 0 Å². The monoisotopic (exact) mass is 296 g/mol. The van der Waals surface area contributed by atoms with E-state index in [-0.39, 0.29) is 11.1 Å². The smallest absolute Gasteiger partial charge is 0.280 e. The van der Waals surface area contributed by atoms with Crippen LogP contribution < -0.4 is 5.43 Å². The Labute approximate surface area is 126 Å². The Morgan fingerprint density at radius 2 is 1.41 bits per heavy atom. The second-order valence-electron chi connectivity index (χ2n) is 4.78. The number of carbonyl (C=O) groups excluding carboxylic acids is 3. The Morgan fingerprint density at radius 1 is 0.909 bits per heavy atom. The molecule has 2 aromatic carbocycles. The third kappa shape index (κ3) is 2.25. The highest BCUT2D eigenvalue weighted by molar-refractivity contribution is 6.21. The standard InChI is InChI=1S/C16H12N2O4/c19-13(10-6-2-1-3-7-10)14(20)17-18-15(21)11-8-4-5-9-12(11)16(18)22/h1-9,13,19H,(H,17,20)/t13-/m1/s1. The fraction of sp³-hybridized carbons (Fsp3) is 0.0625. The zero-order chi connectivity index (χ0) is 15.7. The number of imide groups is 1. The van der Waals surface area contributed by atoms with Gasteiger partial charge in [-0.15, -0.1) is 0 Å². The lowest BCUT2D eigenvalue weighted by Crippen LogP contribution is -2.47. The van der Waals surface area contributed by atoms with Crippen molar-refractivity contribution in [2.75, 3.05) is 0 Å². The number of nitrogens with one attached hydrogen (secondary N) is 1. The van der Waals surface area contributed by atoms with Gasteiger partial charge in [0, 0.05) is 0 Å². The van der Waals surface area contributed by atoms with Crippen LogP contribution in [0.15, 0.2) is 54.6 Å². The van der Waals surface area contributed by atoms with Crippen molar-refractivity contribution in [1.29, 1.82) is 0 Å². The molecule has 0 saturated carbocycles. The van der Waals surface area contributed by atoms with E-state index in [4.69, 9.17) is 0 Å². The molecule has 1 aliphatic heterocycles. The first-order chi connectivity index (χ1) is 10.6. The second kappa shape index (κ2) is 5.42. The number of hydrogen-bond acceptors (Lipinski definition) is 4. The number of fused-ring (bicyclic) bond motifs is 1. The summed E-state index contributed by atoms with van der Waals surface area (Å²) in [6, 6.07) is 14.5. The highest BCUT2D eigenvalue weighted by Crippen LogP contribution is 2.21. The van der Waals surface area contributed by atoms with Crippen molar-refractivity contribution in [2.24, 2.45) is 0 Å². The maximum absolute atomic E-state index is 12.1. The average Bonchev–Trinajstić information content (AvgIpc) is 2.80. The minimum absolute atomic E-state index is 0.224. The number of benzene rings is 2. The molecule has 3 amide bonds. The third-order valence-corrected chi connectivity index (χ3v) is 3.38. The summed E-state index contributed by atoms with van der Waals surface area (Å²) < 4.78 is 0. The van der Waals surface area contributed by atoms with Crippen molar-refractivity contribution < 1.29 is 19.5 Å². The molecule has 0 radical (unpaired) electrons. The lowest BCUT2D eigenvalue weighted by molar-refractivity contribution is -0.132. The van der Waals surface area contributed by atoms with E-state index in [0.29, 0.717) is 10.6 Å². The van der Waals surface area contributed by atoms with E-state index in [1.165, 1.54) is 12.1 Å². The molecule has 0 spiro atoms. The van der Waals surface area contributed by atoms with Gasteiger partial charge in [-0.05, 0) is 17.7 Å². The third-order valence-electron chi connectivity index (χ3n) is 3.38. The SMILES string of the molecule is O=C(NN1C(=O)c2ccccc2C1=O)[C@H](O)c1ccccc1. The van der Waals surface area contributed by atoms with Crippen molar-refractivity contribution in [2.45, 2.75) is 6.10 Å². The lowest BCUT2D eigenvalue weighted by Gasteiger charge is -2.18. The summed E-state index contributed by atoms with van der Waals surface area (Å²) >= 11 is 0. The van der Waals surface area contributed by atoms with Crippen LogP contribution in [0.5, 0.6) is 0 Å². The molecule has 1 heterocycles. The molecule has 3 rings (SSSR count). The Morgan fingerprint density at radius 3 is 1.95 bits per heavy atom. The Kier molecular flexibility index (Phi) is 3.44. The largest absolute Gasteiger partial charge is 0.378 e. The summed E-state index contributed by atoms with van der Waals surface area (Å²) in [5.41, 5.74) is 2.99. The average molecular weight is 296 g/mol. The number of aliphatic hydroxyl groups excluding tert-OH is 1. The van der Waals surface area contributed by atoms with Gasteiger partial charge >= 0.3 is 0 Å². The highest BCUT2D eigenvalue weighted by Gasteiger charge is 2.37. The molecule has 0 saturated heterocycles. The lowest BCUT2D eigenvalue weighted by atomic mass is 10.1. The van der Waals surface area contributed by atoms with E-state index in [1.54, 1.807) is 42.5 Å². The van der Waals surface area contributed by atoms with Gasteiger partial charge in [0.05, 0.1) is 11.1 Å². The van der Waals surface area contributed by atoms with Gasteiger partial charge in [0.15, 0.2) is 6.10 Å². The van der Waals surface area contributed by atoms with Crippen molar-refractivity contribution in [3.8, 4) is 0 Å². The van der Waals surface area contributed by atoms with E-state index in [1.807, 2.05) is 0 Å². The summed E-state index contributed by atoms with van der Waals surface area (Å²) in [7, 11) is 0. The molecular formula is C16H12N2O4. The van der Waals surface area contributed by atoms with Crippen LogP contribution in [0.25, 0.3) is 0 Å². The van der Waals surface area contributed by atoms with E-state index in [9.17, 15) is 19.5 Å². The summed E-state index contributed by atoms with van der Waals surface area (Å²) in [4.78, 5) is 36.3. The van der Waals surface area contributed by atoms with Crippen LogP contribution in [0.3, 0.4) is 0 Å². The van der Waals surface area contributed by atoms with Crippen LogP contribution in [-0.2, 0) is 4.79 Å². The summed E-state index contributed by atoms with van der Waals surface area (Å²) in [5, 5.41) is 10.6. The Hall–Kier alpha value is -2.99. The molecule has 2 aromatic rings. The van der Waals surface area contributed by atoms with Crippen LogP contribution in [0.2, 0.25) is 0 Å². The maximum atomic E-state index is 12.1. The molecule has 22 heavy (non-hydrogen) atoms. The van der Waals surface area contributed by atoms with Crippen molar-refractivity contribution in [1.82, 2.24) is 10.4 Å². The number of aliphatic hydroxyl groups is 1. The highest BCUT2D eigenvalue weighted by atomic mass is 16.3. The first-order valence-corrected chi connectivity index (χ1v) is 6.61. The number of rotatable bonds is 3. The molecule has 1 aliphatic rings. The summed E-state index contributed by atoms with van der Waals surface area (Å²) in [6.45, 7) is 0. The molecule has 1 atom stereocenters. The van der Waals surface area contributed by atoms with Crippen LogP contribution in [-0.4, -0.2) is 27.8 Å². The van der Waals surface area contributed by atoms with E-state index in [0.717, 1.165) is 0 Å². The minimum atomic E-state index is -1.47. The zero-order valence-corrected chi connectivity index (χ0v) is 11.4. The fourth-order valence-electron chi connectivity index (χ4n) is 2.25. The minimum Gasteiger partial charge on any atom is -0.378 e. The van der Waals surface area contributed by atoms with E-state index >= 15 is 0 Å². The van der Waals surface area contributed by atoms with Gasteiger partial charge in [-0.2, -0.15) is 5.01 Å². The number of nitrogens with zero attached hydrogens (tertiary/aromatic N) is 1. The summed E-state index contributed by atoms with van der Waals surface area (Å²) in [5.74, 6) is -2.08. The number of hydrogen-bond donors (Lipinski definition) is 2. The first-order valence-electron chi connectivity index (χ1n) is 6.61. The fourth-order valence-corrected chi connectivity index (χ4v) is 2.25. The van der Waals surface area contributed by atoms with Gasteiger partial charge in [0.2, 0.25) is 0 Å². The van der Waals surface area contributed by atoms with Crippen LogP contribution in [0.1, 0.15) is 32.4 Å². The van der Waals surface area contributed by atoms with Crippen molar-refractivity contribution in [3.63, 3.8) is 0 Å². The predicted octanol–water partition coefficient (Wildman–Crippen LogP) is 1.05. The van der Waals surface area contributed by atoms with Crippen molar-refractivity contribution in [3.05, 3.63) is 71.3 Å². The van der Waals surface area contributed by atoms with Gasteiger partial charge in [0.25, 0.3) is 17.7 Å². The van der Waals surface area contributed by atoms with E-state index < -0.39 is 23.8 Å².